The van der Waals surface area contributed by atoms with Crippen molar-refractivity contribution in [1.82, 2.24) is 15.1 Å². The van der Waals surface area contributed by atoms with E-state index < -0.39 is 5.82 Å². The number of ether oxygens (including phenoxy) is 1. The van der Waals surface area contributed by atoms with Gasteiger partial charge in [0, 0.05) is 25.7 Å². The summed E-state index contributed by atoms with van der Waals surface area (Å²) in [5.41, 5.74) is 0.722. The minimum absolute atomic E-state index is 0.0318. The van der Waals surface area contributed by atoms with E-state index in [0.717, 1.165) is 25.1 Å². The number of likely N-dealkylation sites (N-methyl/N-ethyl adjacent to an activating group) is 1. The van der Waals surface area contributed by atoms with Gasteiger partial charge in [0.2, 0.25) is 5.91 Å². The maximum Gasteiger partial charge on any atom is 0.234 e. The van der Waals surface area contributed by atoms with Crippen molar-refractivity contribution in [2.24, 2.45) is 0 Å². The van der Waals surface area contributed by atoms with Gasteiger partial charge in [-0.1, -0.05) is 6.07 Å². The van der Waals surface area contributed by atoms with Gasteiger partial charge in [-0.3, -0.25) is 9.69 Å². The maximum atomic E-state index is 13.6. The van der Waals surface area contributed by atoms with Gasteiger partial charge in [0.15, 0.2) is 11.6 Å². The Bertz CT molecular complexity index is 522. The minimum atomic E-state index is -0.414. The molecular formula is C16H24FN3O2. The molecule has 0 spiro atoms. The summed E-state index contributed by atoms with van der Waals surface area (Å²) in [7, 11) is 5.55. The summed E-state index contributed by atoms with van der Waals surface area (Å²) < 4.78 is 18.4. The zero-order valence-corrected chi connectivity index (χ0v) is 13.4. The number of hydrogen-bond acceptors (Lipinski definition) is 4. The number of methoxy groups -OCH3 is 1. The zero-order chi connectivity index (χ0) is 16.1. The molecule has 0 unspecified atom stereocenters. The fourth-order valence-electron chi connectivity index (χ4n) is 2.66. The lowest BCUT2D eigenvalue weighted by molar-refractivity contribution is -0.122. The molecule has 1 heterocycles. The third-order valence-electron chi connectivity index (χ3n) is 4.05. The normalized spacial score (nSPS) is 18.7. The van der Waals surface area contributed by atoms with Crippen molar-refractivity contribution in [3.8, 4) is 5.75 Å². The lowest BCUT2D eigenvalue weighted by atomic mass is 10.2. The summed E-state index contributed by atoms with van der Waals surface area (Å²) in [6, 6.07) is 5.22. The molecule has 1 aliphatic heterocycles. The number of hydrogen-bond donors (Lipinski definition) is 1. The highest BCUT2D eigenvalue weighted by molar-refractivity contribution is 5.78. The Morgan fingerprint density at radius 1 is 1.50 bits per heavy atom. The van der Waals surface area contributed by atoms with E-state index in [1.807, 2.05) is 0 Å². The van der Waals surface area contributed by atoms with Crippen molar-refractivity contribution in [3.05, 3.63) is 29.6 Å². The average molecular weight is 309 g/mol. The molecule has 0 radical (unpaired) electrons. The van der Waals surface area contributed by atoms with Gasteiger partial charge in [0.25, 0.3) is 0 Å². The van der Waals surface area contributed by atoms with Crippen LogP contribution < -0.4 is 10.1 Å². The number of amides is 1. The number of rotatable bonds is 6. The van der Waals surface area contributed by atoms with Crippen molar-refractivity contribution in [3.63, 3.8) is 0 Å². The lowest BCUT2D eigenvalue weighted by Crippen LogP contribution is -2.38. The molecule has 1 aromatic rings. The van der Waals surface area contributed by atoms with Gasteiger partial charge in [-0.25, -0.2) is 4.39 Å². The SMILES string of the molecule is COc1ccc(CNC(=O)CN2CC[C@H](N(C)C)C2)cc1F. The summed E-state index contributed by atoms with van der Waals surface area (Å²) in [6.45, 7) is 2.57. The highest BCUT2D eigenvalue weighted by Gasteiger charge is 2.25. The van der Waals surface area contributed by atoms with Gasteiger partial charge in [-0.15, -0.1) is 0 Å². The first kappa shape index (κ1) is 16.7. The van der Waals surface area contributed by atoms with Crippen molar-refractivity contribution < 1.29 is 13.9 Å². The molecule has 1 aliphatic rings. The van der Waals surface area contributed by atoms with E-state index in [4.69, 9.17) is 4.74 Å². The molecule has 1 aromatic carbocycles. The first-order chi connectivity index (χ1) is 10.5. The molecule has 6 heteroatoms. The van der Waals surface area contributed by atoms with Crippen LogP contribution in [0.5, 0.6) is 5.75 Å². The first-order valence-corrected chi connectivity index (χ1v) is 7.47. The molecule has 5 nitrogen and oxygen atoms in total. The van der Waals surface area contributed by atoms with Crippen LogP contribution in [-0.2, 0) is 11.3 Å². The molecule has 1 fully saturated rings. The van der Waals surface area contributed by atoms with Crippen LogP contribution in [0, 0.1) is 5.82 Å². The predicted octanol–water partition coefficient (Wildman–Crippen LogP) is 1.09. The summed E-state index contributed by atoms with van der Waals surface area (Å²) in [4.78, 5) is 16.3. The molecule has 0 aliphatic carbocycles. The second kappa shape index (κ2) is 7.56. The van der Waals surface area contributed by atoms with E-state index in [2.05, 4.69) is 29.2 Å². The number of nitrogens with one attached hydrogen (secondary N) is 1. The number of carbonyl (C=O) groups is 1. The minimum Gasteiger partial charge on any atom is -0.494 e. The summed E-state index contributed by atoms with van der Waals surface area (Å²) in [5, 5.41) is 2.83. The lowest BCUT2D eigenvalue weighted by Gasteiger charge is -2.20. The van der Waals surface area contributed by atoms with Crippen molar-refractivity contribution in [2.75, 3.05) is 40.8 Å². The Hall–Kier alpha value is -1.66. The third-order valence-corrected chi connectivity index (χ3v) is 4.05. The standard InChI is InChI=1S/C16H24FN3O2/c1-19(2)13-6-7-20(10-13)11-16(21)18-9-12-4-5-15(22-3)14(17)8-12/h4-5,8,13H,6-7,9-11H2,1-3H3,(H,18,21)/t13-/m0/s1. The molecule has 0 aromatic heterocycles. The highest BCUT2D eigenvalue weighted by Crippen LogP contribution is 2.17. The van der Waals surface area contributed by atoms with E-state index in [9.17, 15) is 9.18 Å². The van der Waals surface area contributed by atoms with Crippen LogP contribution >= 0.6 is 0 Å². The number of halogens is 1. The zero-order valence-electron chi connectivity index (χ0n) is 13.4. The fraction of sp³-hybridized carbons (Fsp3) is 0.562. The van der Waals surface area contributed by atoms with Crippen LogP contribution in [0.3, 0.4) is 0 Å². The Morgan fingerprint density at radius 3 is 2.86 bits per heavy atom. The maximum absolute atomic E-state index is 13.6. The number of nitrogens with zero attached hydrogens (tertiary/aromatic N) is 2. The van der Waals surface area contributed by atoms with Gasteiger partial charge in [-0.05, 0) is 38.2 Å². The van der Waals surface area contributed by atoms with Gasteiger partial charge in [0.05, 0.1) is 13.7 Å². The van der Waals surface area contributed by atoms with E-state index in [0.29, 0.717) is 19.1 Å². The molecule has 122 valence electrons. The van der Waals surface area contributed by atoms with Crippen LogP contribution in [0.25, 0.3) is 0 Å². The van der Waals surface area contributed by atoms with Crippen LogP contribution in [0.1, 0.15) is 12.0 Å². The first-order valence-electron chi connectivity index (χ1n) is 7.47. The number of likely N-dealkylation sites (tertiary alicyclic amines) is 1. The second-order valence-electron chi connectivity index (χ2n) is 5.89. The van der Waals surface area contributed by atoms with Crippen LogP contribution in [0.2, 0.25) is 0 Å². The molecule has 22 heavy (non-hydrogen) atoms. The van der Waals surface area contributed by atoms with Crippen LogP contribution in [-0.4, -0.2) is 62.6 Å². The Labute approximate surface area is 131 Å². The van der Waals surface area contributed by atoms with E-state index in [1.54, 1.807) is 12.1 Å². The summed E-state index contributed by atoms with van der Waals surface area (Å²) in [6.07, 6.45) is 1.09. The Kier molecular flexibility index (Phi) is 5.74. The van der Waals surface area contributed by atoms with Crippen LogP contribution in [0.15, 0.2) is 18.2 Å². The molecule has 2 rings (SSSR count). The monoisotopic (exact) mass is 309 g/mol. The highest BCUT2D eigenvalue weighted by atomic mass is 19.1. The molecule has 0 saturated carbocycles. The van der Waals surface area contributed by atoms with E-state index in [-0.39, 0.29) is 11.7 Å². The quantitative estimate of drug-likeness (QED) is 0.854. The van der Waals surface area contributed by atoms with Crippen molar-refractivity contribution >= 4 is 5.91 Å². The Balaban J connectivity index is 1.77. The smallest absolute Gasteiger partial charge is 0.234 e. The predicted molar refractivity (Wildman–Crippen MR) is 83.3 cm³/mol. The van der Waals surface area contributed by atoms with Gasteiger partial charge < -0.3 is 15.0 Å². The topological polar surface area (TPSA) is 44.8 Å². The average Bonchev–Trinajstić information content (AvgIpc) is 2.94. The summed E-state index contributed by atoms with van der Waals surface area (Å²) >= 11 is 0. The van der Waals surface area contributed by atoms with E-state index >= 15 is 0 Å². The summed E-state index contributed by atoms with van der Waals surface area (Å²) in [5.74, 6) is -0.236. The van der Waals surface area contributed by atoms with Gasteiger partial charge >= 0.3 is 0 Å². The van der Waals surface area contributed by atoms with Gasteiger partial charge in [-0.2, -0.15) is 0 Å². The molecule has 0 bridgehead atoms. The molecule has 1 amide bonds. The van der Waals surface area contributed by atoms with Crippen molar-refractivity contribution in [2.45, 2.75) is 19.0 Å². The third kappa shape index (κ3) is 4.42. The molecule has 1 atom stereocenters. The number of carbonyl (C=O) groups excluding carboxylic acids is 1. The van der Waals surface area contributed by atoms with Crippen LogP contribution in [0.4, 0.5) is 4.39 Å². The Morgan fingerprint density at radius 2 is 2.27 bits per heavy atom. The van der Waals surface area contributed by atoms with E-state index in [1.165, 1.54) is 13.2 Å². The van der Waals surface area contributed by atoms with Crippen molar-refractivity contribution in [1.29, 1.82) is 0 Å². The molecule has 1 saturated heterocycles. The molecular weight excluding hydrogens is 285 g/mol. The number of benzene rings is 1. The second-order valence-corrected chi connectivity index (χ2v) is 5.89. The largest absolute Gasteiger partial charge is 0.494 e. The van der Waals surface area contributed by atoms with Gasteiger partial charge in [0.1, 0.15) is 0 Å². The molecule has 1 N–H and O–H groups in total. The fourth-order valence-corrected chi connectivity index (χ4v) is 2.66.